The van der Waals surface area contributed by atoms with Gasteiger partial charge < -0.3 is 65.1 Å². The van der Waals surface area contributed by atoms with Crippen molar-refractivity contribution >= 4 is 5.91 Å². The van der Waals surface area contributed by atoms with Crippen molar-refractivity contribution in [1.29, 1.82) is 0 Å². The van der Waals surface area contributed by atoms with E-state index >= 15 is 0 Å². The lowest BCUT2D eigenvalue weighted by atomic mass is 9.97. The van der Waals surface area contributed by atoms with E-state index in [1.54, 1.807) is 0 Å². The molecule has 9 N–H and O–H groups in total. The summed E-state index contributed by atoms with van der Waals surface area (Å²) in [4.78, 5) is 13.4. The van der Waals surface area contributed by atoms with Crippen LogP contribution in [0.4, 0.5) is 0 Å². The van der Waals surface area contributed by atoms with Gasteiger partial charge in [-0.3, -0.25) is 4.79 Å². The van der Waals surface area contributed by atoms with Crippen LogP contribution in [0.3, 0.4) is 0 Å². The number of unbranched alkanes of at least 4 members (excludes halogenated alkanes) is 47. The van der Waals surface area contributed by atoms with Crippen LogP contribution in [0, 0.1) is 0 Å². The first kappa shape index (κ1) is 78.1. The number of carbonyl (C=O) groups excluding carboxylic acids is 1. The summed E-state index contributed by atoms with van der Waals surface area (Å²) in [5, 5.41) is 87.6. The fraction of sp³-hybridized carbons (Fsp3) is 0.986. The van der Waals surface area contributed by atoms with Crippen molar-refractivity contribution in [2.24, 2.45) is 0 Å². The lowest BCUT2D eigenvalue weighted by Crippen LogP contribution is -2.65. The second-order valence-electron chi connectivity index (χ2n) is 25.7. The molecule has 0 aromatic carbocycles. The molecule has 1 amide bonds. The number of aliphatic hydroxyl groups is 8. The van der Waals surface area contributed by atoms with Crippen molar-refractivity contribution in [3.63, 3.8) is 0 Å². The fourth-order valence-electron chi connectivity index (χ4n) is 12.4. The maximum atomic E-state index is 13.4. The molecule has 0 spiro atoms. The maximum absolute atomic E-state index is 13.4. The first-order chi connectivity index (χ1) is 40.6. The minimum absolute atomic E-state index is 0.197. The highest BCUT2D eigenvalue weighted by Crippen LogP contribution is 2.30. The van der Waals surface area contributed by atoms with Crippen molar-refractivity contribution in [1.82, 2.24) is 5.32 Å². The monoisotopic (exact) mass is 1190 g/mol. The summed E-state index contributed by atoms with van der Waals surface area (Å²) in [6, 6.07) is -0.824. The first-order valence-corrected chi connectivity index (χ1v) is 35.8. The highest BCUT2D eigenvalue weighted by atomic mass is 16.7. The molecule has 2 fully saturated rings. The molecule has 12 unspecified atom stereocenters. The number of nitrogens with one attached hydrogen (secondary N) is 1. The van der Waals surface area contributed by atoms with Gasteiger partial charge in [0.1, 0.15) is 48.8 Å². The van der Waals surface area contributed by atoms with Crippen LogP contribution in [-0.4, -0.2) is 140 Å². The molecule has 12 atom stereocenters. The number of hydrogen-bond acceptors (Lipinski definition) is 13. The molecule has 14 nitrogen and oxygen atoms in total. The van der Waals surface area contributed by atoms with Gasteiger partial charge in [-0.05, 0) is 12.8 Å². The quantitative estimate of drug-likeness (QED) is 0.0259. The molecule has 2 rings (SSSR count). The molecule has 2 saturated heterocycles. The van der Waals surface area contributed by atoms with Gasteiger partial charge in [-0.1, -0.05) is 322 Å². The first-order valence-electron chi connectivity index (χ1n) is 35.8. The standard InChI is InChI=1S/C69H135NO13/c1-3-5-7-9-11-13-15-17-19-21-23-25-27-29-30-32-34-36-38-40-42-44-46-48-50-52-58(73)57(56-80-68-66(79)64(77)67(60(55-72)82-68)83-69-65(78)63(76)62(75)59(54-71)81-69)70-61(74)53-51-49-47-45-43-41-39-37-35-33-31-28-26-24-22-20-18-16-14-12-10-8-6-4-2/h57-60,62-69,71-73,75-79H,3-56H2,1-2H3,(H,70,74). The number of aliphatic hydroxyl groups excluding tert-OH is 8. The highest BCUT2D eigenvalue weighted by Gasteiger charge is 2.51. The highest BCUT2D eigenvalue weighted by molar-refractivity contribution is 5.76. The molecule has 0 aromatic heterocycles. The SMILES string of the molecule is CCCCCCCCCCCCCCCCCCCCCCCCCCCC(O)C(COC1OC(CO)C(OC2OC(CO)C(O)C(O)C2O)C(O)C1O)NC(=O)CCCCCCCCCCCCCCCCCCCCCCCCCC. The molecular weight excluding hydrogens is 1050 g/mol. The zero-order valence-electron chi connectivity index (χ0n) is 53.7. The molecule has 0 bridgehead atoms. The molecule has 0 radical (unpaired) electrons. The number of amides is 1. The summed E-state index contributed by atoms with van der Waals surface area (Å²) in [6.45, 7) is 2.93. The van der Waals surface area contributed by atoms with E-state index in [9.17, 15) is 45.6 Å². The Balaban J connectivity index is 1.66. The Morgan fingerprint density at radius 1 is 0.386 bits per heavy atom. The third-order valence-corrected chi connectivity index (χ3v) is 18.1. The van der Waals surface area contributed by atoms with Crippen molar-refractivity contribution in [3.05, 3.63) is 0 Å². The van der Waals surface area contributed by atoms with Crippen molar-refractivity contribution in [2.75, 3.05) is 19.8 Å². The van der Waals surface area contributed by atoms with Crippen LogP contribution >= 0.6 is 0 Å². The van der Waals surface area contributed by atoms with Gasteiger partial charge in [0.15, 0.2) is 12.6 Å². The number of rotatable bonds is 60. The van der Waals surface area contributed by atoms with Crippen LogP contribution in [-0.2, 0) is 23.7 Å². The fourth-order valence-corrected chi connectivity index (χ4v) is 12.4. The Bertz CT molecular complexity index is 1400. The van der Waals surface area contributed by atoms with E-state index in [-0.39, 0.29) is 12.5 Å². The third-order valence-electron chi connectivity index (χ3n) is 18.1. The van der Waals surface area contributed by atoms with Crippen LogP contribution in [0.5, 0.6) is 0 Å². The van der Waals surface area contributed by atoms with Crippen molar-refractivity contribution in [3.8, 4) is 0 Å². The van der Waals surface area contributed by atoms with Crippen molar-refractivity contribution in [2.45, 2.75) is 415 Å². The van der Waals surface area contributed by atoms with Gasteiger partial charge in [-0.15, -0.1) is 0 Å². The van der Waals surface area contributed by atoms with Gasteiger partial charge in [-0.2, -0.15) is 0 Å². The summed E-state index contributed by atoms with van der Waals surface area (Å²) >= 11 is 0. The van der Waals surface area contributed by atoms with Gasteiger partial charge in [0.25, 0.3) is 0 Å². The molecule has 0 saturated carbocycles. The summed E-state index contributed by atoms with van der Waals surface area (Å²) in [7, 11) is 0. The lowest BCUT2D eigenvalue weighted by molar-refractivity contribution is -0.359. The molecule has 2 heterocycles. The molecular formula is C69H135NO13. The van der Waals surface area contributed by atoms with Gasteiger partial charge in [-0.25, -0.2) is 0 Å². The van der Waals surface area contributed by atoms with Crippen LogP contribution in [0.1, 0.15) is 341 Å². The Labute approximate surface area is 508 Å². The second kappa shape index (κ2) is 55.1. The van der Waals surface area contributed by atoms with Gasteiger partial charge >= 0.3 is 0 Å². The van der Waals surface area contributed by atoms with Crippen LogP contribution in [0.15, 0.2) is 0 Å². The largest absolute Gasteiger partial charge is 0.394 e. The van der Waals surface area contributed by atoms with Crippen LogP contribution < -0.4 is 5.32 Å². The Morgan fingerprint density at radius 3 is 1.02 bits per heavy atom. The predicted molar refractivity (Wildman–Crippen MR) is 337 cm³/mol. The zero-order chi connectivity index (χ0) is 60.2. The molecule has 2 aliphatic heterocycles. The molecule has 83 heavy (non-hydrogen) atoms. The molecule has 2 aliphatic rings. The minimum Gasteiger partial charge on any atom is -0.394 e. The maximum Gasteiger partial charge on any atom is 0.220 e. The Morgan fingerprint density at radius 2 is 0.687 bits per heavy atom. The van der Waals surface area contributed by atoms with Crippen molar-refractivity contribution < 1.29 is 64.6 Å². The van der Waals surface area contributed by atoms with E-state index in [0.29, 0.717) is 12.8 Å². The topological polar surface area (TPSA) is 228 Å². The Kier molecular flexibility index (Phi) is 51.8. The molecule has 0 aromatic rings. The number of hydrogen-bond donors (Lipinski definition) is 9. The average Bonchev–Trinajstić information content (AvgIpc) is 3.59. The molecule has 494 valence electrons. The number of carbonyl (C=O) groups is 1. The van der Waals surface area contributed by atoms with E-state index in [4.69, 9.17) is 18.9 Å². The predicted octanol–water partition coefficient (Wildman–Crippen LogP) is 14.4. The van der Waals surface area contributed by atoms with Gasteiger partial charge in [0.2, 0.25) is 5.91 Å². The number of ether oxygens (including phenoxy) is 4. The van der Waals surface area contributed by atoms with E-state index in [2.05, 4.69) is 19.2 Å². The smallest absolute Gasteiger partial charge is 0.220 e. The third kappa shape index (κ3) is 39.6. The summed E-state index contributed by atoms with van der Waals surface area (Å²) in [5.41, 5.74) is 0. The van der Waals surface area contributed by atoms with Crippen LogP contribution in [0.25, 0.3) is 0 Å². The average molecular weight is 1190 g/mol. The summed E-state index contributed by atoms with van der Waals surface area (Å²) in [6.07, 6.45) is 48.3. The Hall–Kier alpha value is -1.01. The van der Waals surface area contributed by atoms with Crippen LogP contribution in [0.2, 0.25) is 0 Å². The van der Waals surface area contributed by atoms with E-state index in [1.807, 2.05) is 0 Å². The van der Waals surface area contributed by atoms with E-state index in [1.165, 1.54) is 263 Å². The summed E-state index contributed by atoms with van der Waals surface area (Å²) in [5.74, 6) is -0.197. The second-order valence-corrected chi connectivity index (χ2v) is 25.7. The zero-order valence-corrected chi connectivity index (χ0v) is 53.7. The van der Waals surface area contributed by atoms with E-state index in [0.717, 1.165) is 51.4 Å². The minimum atomic E-state index is -1.78. The molecule has 0 aliphatic carbocycles. The molecule has 14 heteroatoms. The van der Waals surface area contributed by atoms with Gasteiger partial charge in [0, 0.05) is 6.42 Å². The summed E-state index contributed by atoms with van der Waals surface area (Å²) < 4.78 is 22.9. The van der Waals surface area contributed by atoms with Gasteiger partial charge in [0.05, 0.1) is 32.0 Å². The van der Waals surface area contributed by atoms with E-state index < -0.39 is 86.8 Å². The normalized spacial score (nSPS) is 23.7. The lowest BCUT2D eigenvalue weighted by Gasteiger charge is -2.46.